The Morgan fingerprint density at radius 1 is 1.06 bits per heavy atom. The summed E-state index contributed by atoms with van der Waals surface area (Å²) >= 11 is 0. The fraction of sp³-hybridized carbons (Fsp3) is 0.462. The normalized spacial score (nSPS) is 15.1. The number of unbranched alkanes of at least 4 members (excludes halogenated alkanes) is 3. The summed E-state index contributed by atoms with van der Waals surface area (Å²) < 4.78 is 11.3. The largest absolute Gasteiger partial charge is 0.494 e. The molecule has 33 heavy (non-hydrogen) atoms. The SMILES string of the molecule is CCCCCCOc1cccc(NCC(=O)Nc2ccc(C(=O)NCC3CCCO3)cc2)c1. The topological polar surface area (TPSA) is 88.7 Å². The molecule has 2 aromatic carbocycles. The molecule has 7 nitrogen and oxygen atoms in total. The van der Waals surface area contributed by atoms with Crippen LogP contribution < -0.4 is 20.7 Å². The zero-order valence-corrected chi connectivity index (χ0v) is 19.4. The van der Waals surface area contributed by atoms with Gasteiger partial charge in [-0.3, -0.25) is 9.59 Å². The number of benzene rings is 2. The van der Waals surface area contributed by atoms with Crippen LogP contribution >= 0.6 is 0 Å². The van der Waals surface area contributed by atoms with Gasteiger partial charge in [0.15, 0.2) is 0 Å². The number of ether oxygens (including phenoxy) is 2. The second-order valence-electron chi connectivity index (χ2n) is 8.26. The minimum absolute atomic E-state index is 0.109. The van der Waals surface area contributed by atoms with Crippen LogP contribution in [0.5, 0.6) is 5.75 Å². The first-order chi connectivity index (χ1) is 16.1. The number of hydrogen-bond acceptors (Lipinski definition) is 5. The minimum atomic E-state index is -0.170. The van der Waals surface area contributed by atoms with Gasteiger partial charge in [-0.05, 0) is 55.7 Å². The summed E-state index contributed by atoms with van der Waals surface area (Å²) in [7, 11) is 0. The molecule has 1 aliphatic rings. The van der Waals surface area contributed by atoms with Crippen molar-refractivity contribution in [2.75, 3.05) is 36.9 Å². The van der Waals surface area contributed by atoms with E-state index in [4.69, 9.17) is 9.47 Å². The standard InChI is InChI=1S/C26H35N3O4/c1-2-3-4-5-15-32-23-9-6-8-22(17-23)27-19-25(30)29-21-13-11-20(12-14-21)26(31)28-18-24-10-7-16-33-24/h6,8-9,11-14,17,24,27H,2-5,7,10,15-16,18-19H2,1H3,(H,28,31)(H,29,30). The molecule has 178 valence electrons. The molecular formula is C26H35N3O4. The van der Waals surface area contributed by atoms with Crippen LogP contribution in [0.3, 0.4) is 0 Å². The summed E-state index contributed by atoms with van der Waals surface area (Å²) in [6.45, 7) is 4.31. The van der Waals surface area contributed by atoms with Gasteiger partial charge >= 0.3 is 0 Å². The van der Waals surface area contributed by atoms with Gasteiger partial charge in [-0.2, -0.15) is 0 Å². The van der Waals surface area contributed by atoms with E-state index >= 15 is 0 Å². The lowest BCUT2D eigenvalue weighted by molar-refractivity contribution is -0.114. The lowest BCUT2D eigenvalue weighted by Gasteiger charge is -2.12. The Hall–Kier alpha value is -3.06. The molecule has 1 unspecified atom stereocenters. The Balaban J connectivity index is 1.38. The highest BCUT2D eigenvalue weighted by atomic mass is 16.5. The maximum Gasteiger partial charge on any atom is 0.251 e. The van der Waals surface area contributed by atoms with E-state index in [1.165, 1.54) is 19.3 Å². The fourth-order valence-corrected chi connectivity index (χ4v) is 3.62. The van der Waals surface area contributed by atoms with Gasteiger partial charge in [0.2, 0.25) is 5.91 Å². The van der Waals surface area contributed by atoms with Crippen LogP contribution in [0.4, 0.5) is 11.4 Å². The molecule has 7 heteroatoms. The Kier molecular flexibility index (Phi) is 10.0. The Morgan fingerprint density at radius 2 is 1.91 bits per heavy atom. The molecule has 3 rings (SSSR count). The van der Waals surface area contributed by atoms with E-state index in [1.54, 1.807) is 24.3 Å². The molecule has 2 aromatic rings. The van der Waals surface area contributed by atoms with Crippen molar-refractivity contribution in [1.29, 1.82) is 0 Å². The predicted molar refractivity (Wildman–Crippen MR) is 131 cm³/mol. The van der Waals surface area contributed by atoms with Crippen LogP contribution in [-0.4, -0.2) is 44.2 Å². The number of amides is 2. The summed E-state index contributed by atoms with van der Waals surface area (Å²) in [6.07, 6.45) is 6.79. The molecular weight excluding hydrogens is 418 g/mol. The average molecular weight is 454 g/mol. The highest BCUT2D eigenvalue weighted by molar-refractivity contribution is 5.96. The molecule has 3 N–H and O–H groups in total. The average Bonchev–Trinajstić information content (AvgIpc) is 3.36. The predicted octanol–water partition coefficient (Wildman–Crippen LogP) is 4.61. The Bertz CT molecular complexity index is 879. The lowest BCUT2D eigenvalue weighted by Crippen LogP contribution is -2.31. The number of anilines is 2. The second kappa shape index (κ2) is 13.5. The van der Waals surface area contributed by atoms with Gasteiger partial charge in [-0.15, -0.1) is 0 Å². The second-order valence-corrected chi connectivity index (χ2v) is 8.26. The van der Waals surface area contributed by atoms with Crippen LogP contribution in [-0.2, 0) is 9.53 Å². The van der Waals surface area contributed by atoms with E-state index in [0.29, 0.717) is 24.4 Å². The number of carbonyl (C=O) groups excluding carboxylic acids is 2. The molecule has 0 aliphatic carbocycles. The van der Waals surface area contributed by atoms with E-state index in [9.17, 15) is 9.59 Å². The third-order valence-electron chi connectivity index (χ3n) is 5.50. The van der Waals surface area contributed by atoms with Crippen LogP contribution in [0.15, 0.2) is 48.5 Å². The number of carbonyl (C=O) groups is 2. The highest BCUT2D eigenvalue weighted by Crippen LogP contribution is 2.18. The monoisotopic (exact) mass is 453 g/mol. The molecule has 0 radical (unpaired) electrons. The summed E-state index contributed by atoms with van der Waals surface area (Å²) in [4.78, 5) is 24.6. The minimum Gasteiger partial charge on any atom is -0.494 e. The first-order valence-corrected chi connectivity index (χ1v) is 11.9. The van der Waals surface area contributed by atoms with Crippen LogP contribution in [0.25, 0.3) is 0 Å². The molecule has 1 fully saturated rings. The molecule has 1 aliphatic heterocycles. The first-order valence-electron chi connectivity index (χ1n) is 11.9. The van der Waals surface area contributed by atoms with E-state index in [-0.39, 0.29) is 24.5 Å². The first kappa shape index (κ1) is 24.6. The van der Waals surface area contributed by atoms with E-state index < -0.39 is 0 Å². The van der Waals surface area contributed by atoms with Crippen molar-refractivity contribution >= 4 is 23.2 Å². The van der Waals surface area contributed by atoms with Crippen molar-refractivity contribution in [1.82, 2.24) is 5.32 Å². The maximum atomic E-state index is 12.3. The lowest BCUT2D eigenvalue weighted by atomic mass is 10.2. The van der Waals surface area contributed by atoms with Crippen molar-refractivity contribution in [2.45, 2.75) is 51.6 Å². The third-order valence-corrected chi connectivity index (χ3v) is 5.50. The molecule has 0 spiro atoms. The maximum absolute atomic E-state index is 12.3. The molecule has 0 saturated carbocycles. The highest BCUT2D eigenvalue weighted by Gasteiger charge is 2.16. The Morgan fingerprint density at radius 3 is 2.67 bits per heavy atom. The van der Waals surface area contributed by atoms with Gasteiger partial charge in [0.1, 0.15) is 5.75 Å². The van der Waals surface area contributed by atoms with Gasteiger partial charge in [0.05, 0.1) is 19.3 Å². The van der Waals surface area contributed by atoms with Crippen molar-refractivity contribution in [3.63, 3.8) is 0 Å². The smallest absolute Gasteiger partial charge is 0.251 e. The summed E-state index contributed by atoms with van der Waals surface area (Å²) in [5, 5.41) is 8.85. The molecule has 1 saturated heterocycles. The molecule has 1 heterocycles. The fourth-order valence-electron chi connectivity index (χ4n) is 3.62. The van der Waals surface area contributed by atoms with Crippen molar-refractivity contribution in [2.24, 2.45) is 0 Å². The summed E-state index contributed by atoms with van der Waals surface area (Å²) in [6, 6.07) is 14.5. The molecule has 0 aromatic heterocycles. The zero-order valence-electron chi connectivity index (χ0n) is 19.4. The molecule has 1 atom stereocenters. The number of hydrogen-bond donors (Lipinski definition) is 3. The zero-order chi connectivity index (χ0) is 23.3. The van der Waals surface area contributed by atoms with Crippen LogP contribution in [0.2, 0.25) is 0 Å². The van der Waals surface area contributed by atoms with Crippen molar-refractivity contribution < 1.29 is 19.1 Å². The van der Waals surface area contributed by atoms with Gasteiger partial charge in [-0.1, -0.05) is 32.3 Å². The van der Waals surface area contributed by atoms with Crippen LogP contribution in [0.1, 0.15) is 55.8 Å². The molecule has 2 amide bonds. The summed E-state index contributed by atoms with van der Waals surface area (Å²) in [5.74, 6) is 0.485. The van der Waals surface area contributed by atoms with E-state index in [2.05, 4.69) is 22.9 Å². The Labute approximate surface area is 196 Å². The quantitative estimate of drug-likeness (QED) is 0.386. The van der Waals surface area contributed by atoms with E-state index in [1.807, 2.05) is 24.3 Å². The number of rotatable bonds is 13. The van der Waals surface area contributed by atoms with Gasteiger partial charge in [0.25, 0.3) is 5.91 Å². The van der Waals surface area contributed by atoms with Gasteiger partial charge in [0, 0.05) is 36.2 Å². The van der Waals surface area contributed by atoms with Crippen molar-refractivity contribution in [3.8, 4) is 5.75 Å². The van der Waals surface area contributed by atoms with E-state index in [0.717, 1.165) is 37.3 Å². The molecule has 0 bridgehead atoms. The third kappa shape index (κ3) is 8.77. The number of nitrogens with one attached hydrogen (secondary N) is 3. The van der Waals surface area contributed by atoms with Gasteiger partial charge in [-0.25, -0.2) is 0 Å². The van der Waals surface area contributed by atoms with Crippen molar-refractivity contribution in [3.05, 3.63) is 54.1 Å². The van der Waals surface area contributed by atoms with Crippen LogP contribution in [0, 0.1) is 0 Å². The summed E-state index contributed by atoms with van der Waals surface area (Å²) in [5.41, 5.74) is 2.02. The van der Waals surface area contributed by atoms with Gasteiger partial charge < -0.3 is 25.4 Å².